The van der Waals surface area contributed by atoms with Crippen LogP contribution in [-0.2, 0) is 9.31 Å². The van der Waals surface area contributed by atoms with E-state index in [9.17, 15) is 4.39 Å². The Bertz CT molecular complexity index is 598. The van der Waals surface area contributed by atoms with E-state index in [-0.39, 0.29) is 12.2 Å². The number of halogens is 1. The summed E-state index contributed by atoms with van der Waals surface area (Å²) in [6, 6.07) is 3.02. The minimum Gasteiger partial charge on any atom is -0.400 e. The van der Waals surface area contributed by atoms with Crippen molar-refractivity contribution in [1.29, 1.82) is 0 Å². The van der Waals surface area contributed by atoms with Crippen LogP contribution in [0.1, 0.15) is 38.8 Å². The molecule has 0 spiro atoms. The van der Waals surface area contributed by atoms with Crippen LogP contribution in [0.15, 0.2) is 17.6 Å². The normalized spacial score (nSPS) is 20.5. The largest absolute Gasteiger partial charge is 0.491 e. The summed E-state index contributed by atoms with van der Waals surface area (Å²) in [7, 11) is -0.532. The molecule has 120 valence electrons. The highest BCUT2D eigenvalue weighted by Gasteiger charge is 2.52. The molecular weight excluding hydrogens is 282 g/mol. The Kier molecular flexibility index (Phi) is 4.39. The second-order valence-electron chi connectivity index (χ2n) is 6.74. The molecule has 0 saturated carbocycles. The maximum Gasteiger partial charge on any atom is 0.491 e. The van der Waals surface area contributed by atoms with E-state index in [0.29, 0.717) is 0 Å². The summed E-state index contributed by atoms with van der Waals surface area (Å²) in [5.74, 6) is -0.442. The second kappa shape index (κ2) is 5.68. The van der Waals surface area contributed by atoms with Crippen molar-refractivity contribution in [3.05, 3.63) is 34.5 Å². The first kappa shape index (κ1) is 17.0. The quantitative estimate of drug-likeness (QED) is 0.665. The Morgan fingerprint density at radius 3 is 2.27 bits per heavy atom. The molecule has 0 aliphatic carbocycles. The minimum atomic E-state index is -0.532. The fourth-order valence-electron chi connectivity index (χ4n) is 2.29. The summed E-state index contributed by atoms with van der Waals surface area (Å²) >= 11 is 0. The SMILES string of the molecule is Cc1cc(N)c(F)cc1C=C(CN)B1OC(C)(C)C(C)(C)O1. The van der Waals surface area contributed by atoms with Crippen molar-refractivity contribution >= 4 is 18.9 Å². The first-order chi connectivity index (χ1) is 10.1. The topological polar surface area (TPSA) is 70.5 Å². The Morgan fingerprint density at radius 2 is 1.77 bits per heavy atom. The van der Waals surface area contributed by atoms with Crippen molar-refractivity contribution in [2.24, 2.45) is 5.73 Å². The van der Waals surface area contributed by atoms with Crippen molar-refractivity contribution in [3.63, 3.8) is 0 Å². The molecule has 4 N–H and O–H groups in total. The number of nitrogens with two attached hydrogens (primary N) is 2. The molecule has 0 bridgehead atoms. The summed E-state index contributed by atoms with van der Waals surface area (Å²) in [4.78, 5) is 0. The average molecular weight is 306 g/mol. The van der Waals surface area contributed by atoms with Gasteiger partial charge in [-0.1, -0.05) is 6.08 Å². The van der Waals surface area contributed by atoms with Gasteiger partial charge in [0.15, 0.2) is 0 Å². The van der Waals surface area contributed by atoms with Crippen molar-refractivity contribution in [1.82, 2.24) is 0 Å². The van der Waals surface area contributed by atoms with E-state index >= 15 is 0 Å². The van der Waals surface area contributed by atoms with Crippen LogP contribution in [0.3, 0.4) is 0 Å². The zero-order valence-corrected chi connectivity index (χ0v) is 13.9. The predicted molar refractivity (Wildman–Crippen MR) is 88.7 cm³/mol. The van der Waals surface area contributed by atoms with E-state index in [0.717, 1.165) is 16.6 Å². The lowest BCUT2D eigenvalue weighted by molar-refractivity contribution is 0.00578. The first-order valence-corrected chi connectivity index (χ1v) is 7.39. The van der Waals surface area contributed by atoms with Crippen LogP contribution >= 0.6 is 0 Å². The molecule has 1 aliphatic rings. The van der Waals surface area contributed by atoms with Gasteiger partial charge in [-0.25, -0.2) is 4.39 Å². The van der Waals surface area contributed by atoms with Crippen molar-refractivity contribution in [2.75, 3.05) is 12.3 Å². The number of nitrogen functional groups attached to an aromatic ring is 1. The molecule has 0 atom stereocenters. The fraction of sp³-hybridized carbons (Fsp3) is 0.500. The zero-order valence-electron chi connectivity index (χ0n) is 13.9. The molecule has 1 saturated heterocycles. The number of hydrogen-bond donors (Lipinski definition) is 2. The Balaban J connectivity index is 2.36. The molecule has 1 aromatic carbocycles. The van der Waals surface area contributed by atoms with Crippen molar-refractivity contribution in [3.8, 4) is 0 Å². The highest BCUT2D eigenvalue weighted by molar-refractivity contribution is 6.55. The van der Waals surface area contributed by atoms with E-state index in [1.54, 1.807) is 6.07 Å². The summed E-state index contributed by atoms with van der Waals surface area (Å²) in [6.07, 6.45) is 1.82. The molecule has 6 heteroatoms. The van der Waals surface area contributed by atoms with E-state index < -0.39 is 24.1 Å². The predicted octanol–water partition coefficient (Wildman–Crippen LogP) is 2.69. The summed E-state index contributed by atoms with van der Waals surface area (Å²) in [6.45, 7) is 10.1. The standard InChI is InChI=1S/C16H24BFN2O2/c1-10-6-14(20)13(18)8-11(10)7-12(9-19)17-21-15(2,3)16(4,5)22-17/h6-8H,9,19-20H2,1-5H3. The van der Waals surface area contributed by atoms with Gasteiger partial charge in [-0.15, -0.1) is 0 Å². The summed E-state index contributed by atoms with van der Waals surface area (Å²) in [5, 5.41) is 0. The maximum absolute atomic E-state index is 13.7. The van der Waals surface area contributed by atoms with Crippen LogP contribution in [0.5, 0.6) is 0 Å². The molecule has 0 amide bonds. The molecule has 0 radical (unpaired) electrons. The minimum absolute atomic E-state index is 0.139. The van der Waals surface area contributed by atoms with E-state index in [1.165, 1.54) is 6.07 Å². The van der Waals surface area contributed by atoms with Gasteiger partial charge in [-0.05, 0) is 63.4 Å². The van der Waals surface area contributed by atoms with Crippen LogP contribution in [0.2, 0.25) is 0 Å². The van der Waals surface area contributed by atoms with Gasteiger partial charge in [0.2, 0.25) is 0 Å². The molecule has 1 heterocycles. The second-order valence-corrected chi connectivity index (χ2v) is 6.74. The number of aryl methyl sites for hydroxylation is 1. The Morgan fingerprint density at radius 1 is 1.23 bits per heavy atom. The van der Waals surface area contributed by atoms with Gasteiger partial charge < -0.3 is 20.8 Å². The zero-order chi connectivity index (χ0) is 16.7. The number of rotatable bonds is 3. The molecule has 0 unspecified atom stereocenters. The Labute approximate surface area is 131 Å². The van der Waals surface area contributed by atoms with Gasteiger partial charge in [0.25, 0.3) is 0 Å². The lowest BCUT2D eigenvalue weighted by Crippen LogP contribution is -2.41. The highest BCUT2D eigenvalue weighted by Crippen LogP contribution is 2.38. The highest BCUT2D eigenvalue weighted by atomic mass is 19.1. The summed E-state index contributed by atoms with van der Waals surface area (Å²) < 4.78 is 25.7. The van der Waals surface area contributed by atoms with E-state index in [4.69, 9.17) is 20.8 Å². The lowest BCUT2D eigenvalue weighted by Gasteiger charge is -2.32. The third-order valence-electron chi connectivity index (χ3n) is 4.52. The van der Waals surface area contributed by atoms with Gasteiger partial charge in [0, 0.05) is 6.54 Å². The molecule has 2 rings (SSSR count). The molecule has 0 aromatic heterocycles. The van der Waals surface area contributed by atoms with Gasteiger partial charge in [0.1, 0.15) is 5.82 Å². The molecule has 1 aliphatic heterocycles. The Hall–Kier alpha value is -1.37. The van der Waals surface area contributed by atoms with Gasteiger partial charge >= 0.3 is 7.12 Å². The van der Waals surface area contributed by atoms with Crippen molar-refractivity contribution in [2.45, 2.75) is 45.8 Å². The number of hydrogen-bond acceptors (Lipinski definition) is 4. The van der Waals surface area contributed by atoms with Crippen LogP contribution in [0.4, 0.5) is 10.1 Å². The van der Waals surface area contributed by atoms with E-state index in [1.807, 2.05) is 40.7 Å². The van der Waals surface area contributed by atoms with Gasteiger partial charge in [0.05, 0.1) is 16.9 Å². The van der Waals surface area contributed by atoms with Crippen LogP contribution in [0, 0.1) is 12.7 Å². The van der Waals surface area contributed by atoms with Crippen LogP contribution in [0.25, 0.3) is 6.08 Å². The molecule has 4 nitrogen and oxygen atoms in total. The van der Waals surface area contributed by atoms with Crippen molar-refractivity contribution < 1.29 is 13.7 Å². The molecular formula is C16H24BFN2O2. The van der Waals surface area contributed by atoms with Crippen LogP contribution in [-0.4, -0.2) is 24.9 Å². The van der Waals surface area contributed by atoms with Crippen LogP contribution < -0.4 is 11.5 Å². The molecule has 1 aromatic rings. The average Bonchev–Trinajstić information content (AvgIpc) is 2.61. The number of benzene rings is 1. The van der Waals surface area contributed by atoms with Gasteiger partial charge in [-0.3, -0.25) is 0 Å². The third kappa shape index (κ3) is 3.04. The smallest absolute Gasteiger partial charge is 0.400 e. The first-order valence-electron chi connectivity index (χ1n) is 7.39. The monoisotopic (exact) mass is 306 g/mol. The number of anilines is 1. The van der Waals surface area contributed by atoms with Gasteiger partial charge in [-0.2, -0.15) is 0 Å². The molecule has 1 fully saturated rings. The maximum atomic E-state index is 13.7. The third-order valence-corrected chi connectivity index (χ3v) is 4.52. The lowest BCUT2D eigenvalue weighted by atomic mass is 9.77. The molecule has 22 heavy (non-hydrogen) atoms. The fourth-order valence-corrected chi connectivity index (χ4v) is 2.29. The van der Waals surface area contributed by atoms with E-state index in [2.05, 4.69) is 0 Å². The summed E-state index contributed by atoms with van der Waals surface area (Å²) in [5.41, 5.74) is 13.1.